The molecule has 0 aliphatic rings. The molecule has 19 heavy (non-hydrogen) atoms. The summed E-state index contributed by atoms with van der Waals surface area (Å²) in [5.41, 5.74) is 4.30. The summed E-state index contributed by atoms with van der Waals surface area (Å²) in [4.78, 5) is 0. The number of hydrogen-bond acceptors (Lipinski definition) is 2. The van der Waals surface area contributed by atoms with Crippen molar-refractivity contribution in [1.29, 1.82) is 5.26 Å². The van der Waals surface area contributed by atoms with Crippen molar-refractivity contribution in [3.05, 3.63) is 65.2 Å². The van der Waals surface area contributed by atoms with Gasteiger partial charge in [0.1, 0.15) is 0 Å². The zero-order chi connectivity index (χ0) is 13.7. The minimum absolute atomic E-state index is 0.300. The molecule has 2 aromatic carbocycles. The van der Waals surface area contributed by atoms with Crippen molar-refractivity contribution in [2.75, 3.05) is 5.32 Å². The summed E-state index contributed by atoms with van der Waals surface area (Å²) in [6, 6.07) is 18.6. The van der Waals surface area contributed by atoms with Gasteiger partial charge >= 0.3 is 0 Å². The van der Waals surface area contributed by atoms with E-state index in [1.54, 1.807) is 0 Å². The second kappa shape index (κ2) is 6.06. The van der Waals surface area contributed by atoms with Crippen LogP contribution >= 0.6 is 0 Å². The van der Waals surface area contributed by atoms with Crippen molar-refractivity contribution in [1.82, 2.24) is 0 Å². The normalized spacial score (nSPS) is 11.6. The van der Waals surface area contributed by atoms with Crippen LogP contribution in [0.3, 0.4) is 0 Å². The Labute approximate surface area is 114 Å². The molecule has 96 valence electrons. The van der Waals surface area contributed by atoms with Gasteiger partial charge in [-0.05, 0) is 43.2 Å². The molecule has 2 nitrogen and oxygen atoms in total. The summed E-state index contributed by atoms with van der Waals surface area (Å²) < 4.78 is 0. The van der Waals surface area contributed by atoms with Gasteiger partial charge in [-0.25, -0.2) is 0 Å². The van der Waals surface area contributed by atoms with Crippen molar-refractivity contribution in [3.63, 3.8) is 0 Å². The lowest BCUT2D eigenvalue weighted by atomic mass is 10.0. The molecule has 2 aromatic rings. The largest absolute Gasteiger partial charge is 0.378 e. The van der Waals surface area contributed by atoms with Crippen molar-refractivity contribution < 1.29 is 0 Å². The lowest BCUT2D eigenvalue weighted by molar-refractivity contribution is 0.749. The van der Waals surface area contributed by atoms with Gasteiger partial charge in [0.05, 0.1) is 17.7 Å². The highest BCUT2D eigenvalue weighted by Gasteiger charge is 2.08. The molecule has 0 heterocycles. The maximum atomic E-state index is 8.79. The molecule has 0 saturated heterocycles. The quantitative estimate of drug-likeness (QED) is 0.871. The summed E-state index contributed by atoms with van der Waals surface area (Å²) in [5, 5.41) is 12.3. The number of anilines is 1. The van der Waals surface area contributed by atoms with Crippen LogP contribution in [0.25, 0.3) is 0 Å². The Morgan fingerprint density at radius 1 is 1.05 bits per heavy atom. The number of rotatable bonds is 4. The van der Waals surface area contributed by atoms with Gasteiger partial charge in [-0.15, -0.1) is 0 Å². The summed E-state index contributed by atoms with van der Waals surface area (Å²) in [7, 11) is 0. The fourth-order valence-corrected chi connectivity index (χ4v) is 2.06. The van der Waals surface area contributed by atoms with Gasteiger partial charge in [0, 0.05) is 5.69 Å². The molecule has 1 atom stereocenters. The van der Waals surface area contributed by atoms with Gasteiger partial charge in [-0.2, -0.15) is 5.26 Å². The van der Waals surface area contributed by atoms with E-state index in [1.807, 2.05) is 24.3 Å². The van der Waals surface area contributed by atoms with Crippen LogP contribution in [-0.4, -0.2) is 0 Å². The van der Waals surface area contributed by atoms with E-state index in [0.717, 1.165) is 12.1 Å². The molecule has 0 radical (unpaired) electrons. The Hall–Kier alpha value is -2.27. The van der Waals surface area contributed by atoms with Crippen molar-refractivity contribution in [3.8, 4) is 6.07 Å². The highest BCUT2D eigenvalue weighted by Crippen LogP contribution is 2.23. The predicted octanol–water partition coefficient (Wildman–Crippen LogP) is 4.43. The van der Waals surface area contributed by atoms with Crippen LogP contribution < -0.4 is 5.32 Å². The molecule has 0 fully saturated rings. The molecule has 2 rings (SSSR count). The Balaban J connectivity index is 2.14. The molecular weight excluding hydrogens is 232 g/mol. The first-order chi connectivity index (χ1) is 9.22. The molecular formula is C17H18N2. The molecule has 0 saturated carbocycles. The SMILES string of the molecule is CCC(Nc1ccc(C#N)cc1)c1ccc(C)cc1. The van der Waals surface area contributed by atoms with Gasteiger partial charge in [0.15, 0.2) is 0 Å². The van der Waals surface area contributed by atoms with Crippen LogP contribution in [0.15, 0.2) is 48.5 Å². The summed E-state index contributed by atoms with van der Waals surface area (Å²) in [6.45, 7) is 4.26. The van der Waals surface area contributed by atoms with Crippen LogP contribution in [0.1, 0.15) is 36.1 Å². The Morgan fingerprint density at radius 2 is 1.68 bits per heavy atom. The molecule has 1 unspecified atom stereocenters. The first-order valence-corrected chi connectivity index (χ1v) is 6.56. The molecule has 0 amide bonds. The molecule has 0 aromatic heterocycles. The average molecular weight is 250 g/mol. The first kappa shape index (κ1) is 13.2. The topological polar surface area (TPSA) is 35.8 Å². The smallest absolute Gasteiger partial charge is 0.0991 e. The van der Waals surface area contributed by atoms with Gasteiger partial charge in [-0.1, -0.05) is 36.8 Å². The number of nitrogens with one attached hydrogen (secondary N) is 1. The van der Waals surface area contributed by atoms with Crippen molar-refractivity contribution in [2.24, 2.45) is 0 Å². The van der Waals surface area contributed by atoms with E-state index in [0.29, 0.717) is 11.6 Å². The van der Waals surface area contributed by atoms with E-state index in [4.69, 9.17) is 5.26 Å². The minimum atomic E-state index is 0.300. The Morgan fingerprint density at radius 3 is 2.21 bits per heavy atom. The lowest BCUT2D eigenvalue weighted by Crippen LogP contribution is -2.09. The number of nitriles is 1. The Kier molecular flexibility index (Phi) is 4.20. The van der Waals surface area contributed by atoms with Crippen molar-refractivity contribution >= 4 is 5.69 Å². The highest BCUT2D eigenvalue weighted by atomic mass is 14.9. The third-order valence-electron chi connectivity index (χ3n) is 3.24. The van der Waals surface area contributed by atoms with Gasteiger partial charge in [0.25, 0.3) is 0 Å². The van der Waals surface area contributed by atoms with E-state index in [1.165, 1.54) is 11.1 Å². The predicted molar refractivity (Wildman–Crippen MR) is 79.0 cm³/mol. The maximum absolute atomic E-state index is 8.79. The maximum Gasteiger partial charge on any atom is 0.0991 e. The summed E-state index contributed by atoms with van der Waals surface area (Å²) in [6.07, 6.45) is 1.02. The fourth-order valence-electron chi connectivity index (χ4n) is 2.06. The van der Waals surface area contributed by atoms with E-state index < -0.39 is 0 Å². The fraction of sp³-hybridized carbons (Fsp3) is 0.235. The minimum Gasteiger partial charge on any atom is -0.378 e. The summed E-state index contributed by atoms with van der Waals surface area (Å²) >= 11 is 0. The zero-order valence-electron chi connectivity index (χ0n) is 11.4. The Bertz CT molecular complexity index is 562. The number of aryl methyl sites for hydroxylation is 1. The molecule has 0 aliphatic carbocycles. The molecule has 0 spiro atoms. The number of hydrogen-bond donors (Lipinski definition) is 1. The third-order valence-corrected chi connectivity index (χ3v) is 3.24. The van der Waals surface area contributed by atoms with Crippen LogP contribution in [0, 0.1) is 18.3 Å². The number of benzene rings is 2. The molecule has 0 bridgehead atoms. The molecule has 0 aliphatic heterocycles. The van der Waals surface area contributed by atoms with Crippen molar-refractivity contribution in [2.45, 2.75) is 26.3 Å². The van der Waals surface area contributed by atoms with E-state index >= 15 is 0 Å². The van der Waals surface area contributed by atoms with Gasteiger partial charge in [-0.3, -0.25) is 0 Å². The van der Waals surface area contributed by atoms with E-state index in [2.05, 4.69) is 49.5 Å². The summed E-state index contributed by atoms with van der Waals surface area (Å²) in [5.74, 6) is 0. The van der Waals surface area contributed by atoms with Crippen LogP contribution in [0.4, 0.5) is 5.69 Å². The first-order valence-electron chi connectivity index (χ1n) is 6.56. The monoisotopic (exact) mass is 250 g/mol. The second-order valence-electron chi connectivity index (χ2n) is 4.71. The highest BCUT2D eigenvalue weighted by molar-refractivity contribution is 5.49. The van der Waals surface area contributed by atoms with Crippen LogP contribution in [0.5, 0.6) is 0 Å². The number of nitrogens with zero attached hydrogens (tertiary/aromatic N) is 1. The second-order valence-corrected chi connectivity index (χ2v) is 4.71. The standard InChI is InChI=1S/C17H18N2/c1-3-17(15-8-4-13(2)5-9-15)19-16-10-6-14(12-18)7-11-16/h4-11,17,19H,3H2,1-2H3. The average Bonchev–Trinajstić information content (AvgIpc) is 2.46. The molecule has 1 N–H and O–H groups in total. The molecule has 2 heteroatoms. The van der Waals surface area contributed by atoms with Gasteiger partial charge < -0.3 is 5.32 Å². The zero-order valence-corrected chi connectivity index (χ0v) is 11.4. The van der Waals surface area contributed by atoms with Crippen LogP contribution in [-0.2, 0) is 0 Å². The van der Waals surface area contributed by atoms with E-state index in [-0.39, 0.29) is 0 Å². The lowest BCUT2D eigenvalue weighted by Gasteiger charge is -2.19. The van der Waals surface area contributed by atoms with Crippen LogP contribution in [0.2, 0.25) is 0 Å². The third kappa shape index (κ3) is 3.35. The van der Waals surface area contributed by atoms with E-state index in [9.17, 15) is 0 Å². The van der Waals surface area contributed by atoms with Gasteiger partial charge in [0.2, 0.25) is 0 Å².